The molecule has 4 rings (SSSR count). The van der Waals surface area contributed by atoms with Crippen LogP contribution in [-0.4, -0.2) is 46.2 Å². The van der Waals surface area contributed by atoms with Gasteiger partial charge in [0.1, 0.15) is 11.6 Å². The molecule has 1 saturated heterocycles. The number of ether oxygens (including phenoxy) is 1. The van der Waals surface area contributed by atoms with E-state index in [1.807, 2.05) is 48.3 Å². The van der Waals surface area contributed by atoms with Crippen LogP contribution in [-0.2, 0) is 0 Å². The Labute approximate surface area is 187 Å². The third-order valence-corrected chi connectivity index (χ3v) is 6.87. The molecular formula is C24H28FN3O2S. The van der Waals surface area contributed by atoms with Crippen molar-refractivity contribution in [3.8, 4) is 16.2 Å². The summed E-state index contributed by atoms with van der Waals surface area (Å²) < 4.78 is 20.0. The van der Waals surface area contributed by atoms with Crippen molar-refractivity contribution in [2.24, 2.45) is 0 Å². The number of likely N-dealkylation sites (N-methyl/N-ethyl adjacent to an activating group) is 1. The minimum atomic E-state index is -0.306. The molecule has 1 aromatic heterocycles. The van der Waals surface area contributed by atoms with Gasteiger partial charge >= 0.3 is 0 Å². The van der Waals surface area contributed by atoms with Crippen LogP contribution < -0.4 is 19.9 Å². The molecule has 1 N–H and O–H groups in total. The molecule has 1 unspecified atom stereocenters. The van der Waals surface area contributed by atoms with Gasteiger partial charge in [-0.2, -0.15) is 0 Å². The summed E-state index contributed by atoms with van der Waals surface area (Å²) in [7, 11) is 5.24. The van der Waals surface area contributed by atoms with Crippen LogP contribution in [0.15, 0.2) is 54.6 Å². The SMILES string of the molecule is CNC1CCN(c2ccc(N(C)C(=O)c3ccc(-c4ccc(OC)cc4)s3)cc2F)C1.[HH]. The molecule has 1 aliphatic rings. The van der Waals surface area contributed by atoms with Crippen molar-refractivity contribution >= 4 is 28.6 Å². The minimum absolute atomic E-state index is 0. The van der Waals surface area contributed by atoms with Crippen molar-refractivity contribution in [2.45, 2.75) is 12.5 Å². The molecule has 7 heteroatoms. The van der Waals surface area contributed by atoms with Gasteiger partial charge in [-0.15, -0.1) is 11.3 Å². The molecule has 0 radical (unpaired) electrons. The minimum Gasteiger partial charge on any atom is -0.497 e. The van der Waals surface area contributed by atoms with E-state index in [1.54, 1.807) is 26.3 Å². The number of thiophene rings is 1. The van der Waals surface area contributed by atoms with Crippen molar-refractivity contribution in [3.63, 3.8) is 0 Å². The Balaban J connectivity index is 0.00000289. The number of halogens is 1. The molecule has 1 amide bonds. The van der Waals surface area contributed by atoms with Crippen LogP contribution in [0.5, 0.6) is 5.75 Å². The largest absolute Gasteiger partial charge is 0.497 e. The summed E-state index contributed by atoms with van der Waals surface area (Å²) in [6.45, 7) is 1.60. The lowest BCUT2D eigenvalue weighted by molar-refractivity contribution is 0.0997. The van der Waals surface area contributed by atoms with Crippen molar-refractivity contribution in [1.82, 2.24) is 5.32 Å². The summed E-state index contributed by atoms with van der Waals surface area (Å²) in [5, 5.41) is 3.24. The zero-order valence-electron chi connectivity index (χ0n) is 17.9. The van der Waals surface area contributed by atoms with Crippen LogP contribution in [0.1, 0.15) is 17.5 Å². The molecule has 0 spiro atoms. The average molecular weight is 442 g/mol. The maximum atomic E-state index is 14.8. The summed E-state index contributed by atoms with van der Waals surface area (Å²) >= 11 is 1.42. The number of amides is 1. The number of carbonyl (C=O) groups excluding carboxylic acids is 1. The first kappa shape index (κ1) is 21.3. The van der Waals surface area contributed by atoms with Gasteiger partial charge in [-0.3, -0.25) is 4.79 Å². The Morgan fingerprint density at radius 1 is 1.23 bits per heavy atom. The van der Waals surface area contributed by atoms with Crippen LogP contribution in [0.4, 0.5) is 15.8 Å². The highest BCUT2D eigenvalue weighted by Crippen LogP contribution is 2.32. The number of carbonyl (C=O) groups is 1. The second-order valence-electron chi connectivity index (χ2n) is 7.61. The summed E-state index contributed by atoms with van der Waals surface area (Å²) in [6, 6.07) is 16.9. The van der Waals surface area contributed by atoms with Gasteiger partial charge in [0.15, 0.2) is 0 Å². The van der Waals surface area contributed by atoms with E-state index in [-0.39, 0.29) is 13.2 Å². The predicted molar refractivity (Wildman–Crippen MR) is 127 cm³/mol. The lowest BCUT2D eigenvalue weighted by Crippen LogP contribution is -2.30. The average Bonchev–Trinajstić information content (AvgIpc) is 3.48. The van der Waals surface area contributed by atoms with Crippen LogP contribution in [0.3, 0.4) is 0 Å². The molecule has 2 aromatic carbocycles. The molecule has 5 nitrogen and oxygen atoms in total. The standard InChI is InChI=1S/C24H26FN3O2S.H2/c1-26-17-12-13-28(15-17)21-9-6-18(14-20(21)25)27(2)24(29)23-11-10-22(31-23)16-4-7-19(30-3)8-5-16;/h4-11,14,17,26H,12-13,15H2,1-3H3;1H. The third-order valence-electron chi connectivity index (χ3n) is 5.75. The summed E-state index contributed by atoms with van der Waals surface area (Å²) in [6.07, 6.45) is 0.991. The third kappa shape index (κ3) is 4.43. The number of benzene rings is 2. The molecule has 164 valence electrons. The Kier molecular flexibility index (Phi) is 6.25. The Morgan fingerprint density at radius 2 is 2.00 bits per heavy atom. The normalized spacial score (nSPS) is 15.9. The summed E-state index contributed by atoms with van der Waals surface area (Å²) in [5.74, 6) is 0.324. The van der Waals surface area contributed by atoms with Crippen molar-refractivity contribution in [2.75, 3.05) is 44.1 Å². The molecule has 0 saturated carbocycles. The fraction of sp³-hybridized carbons (Fsp3) is 0.292. The lowest BCUT2D eigenvalue weighted by atomic mass is 10.2. The van der Waals surface area contributed by atoms with Crippen molar-refractivity contribution < 1.29 is 15.3 Å². The summed E-state index contributed by atoms with van der Waals surface area (Å²) in [5.41, 5.74) is 2.14. The molecule has 31 heavy (non-hydrogen) atoms. The van der Waals surface area contributed by atoms with E-state index in [4.69, 9.17) is 4.74 Å². The van der Waals surface area contributed by atoms with Crippen LogP contribution in [0, 0.1) is 5.82 Å². The van der Waals surface area contributed by atoms with Gasteiger partial charge in [-0.25, -0.2) is 4.39 Å². The molecule has 2 heterocycles. The van der Waals surface area contributed by atoms with Gasteiger partial charge in [-0.1, -0.05) is 0 Å². The molecule has 1 atom stereocenters. The van der Waals surface area contributed by atoms with Crippen LogP contribution in [0.2, 0.25) is 0 Å². The van der Waals surface area contributed by atoms with Gasteiger partial charge in [-0.05, 0) is 73.6 Å². The molecule has 0 bridgehead atoms. The fourth-order valence-corrected chi connectivity index (χ4v) is 4.81. The lowest BCUT2D eigenvalue weighted by Gasteiger charge is -2.22. The highest BCUT2D eigenvalue weighted by molar-refractivity contribution is 7.17. The zero-order chi connectivity index (χ0) is 22.0. The number of hydrogen-bond donors (Lipinski definition) is 1. The first-order chi connectivity index (χ1) is 15.0. The number of nitrogens with zero attached hydrogens (tertiary/aromatic N) is 2. The smallest absolute Gasteiger partial charge is 0.268 e. The van der Waals surface area contributed by atoms with E-state index in [9.17, 15) is 9.18 Å². The number of methoxy groups -OCH3 is 1. The number of hydrogen-bond acceptors (Lipinski definition) is 5. The quantitative estimate of drug-likeness (QED) is 0.592. The van der Waals surface area contributed by atoms with E-state index < -0.39 is 0 Å². The molecular weight excluding hydrogens is 413 g/mol. The Hall–Kier alpha value is -2.90. The van der Waals surface area contributed by atoms with E-state index >= 15 is 0 Å². The maximum absolute atomic E-state index is 14.8. The summed E-state index contributed by atoms with van der Waals surface area (Å²) in [4.78, 5) is 18.1. The second kappa shape index (κ2) is 9.08. The fourth-order valence-electron chi connectivity index (χ4n) is 3.82. The topological polar surface area (TPSA) is 44.8 Å². The Bertz CT molecular complexity index is 1070. The van der Waals surface area contributed by atoms with Gasteiger partial charge in [0.05, 0.1) is 17.7 Å². The molecule has 0 aliphatic carbocycles. The molecule has 1 fully saturated rings. The van der Waals surface area contributed by atoms with Crippen LogP contribution >= 0.6 is 11.3 Å². The van der Waals surface area contributed by atoms with E-state index in [1.165, 1.54) is 22.3 Å². The van der Waals surface area contributed by atoms with Crippen LogP contribution in [0.25, 0.3) is 10.4 Å². The first-order valence-electron chi connectivity index (χ1n) is 10.2. The van der Waals surface area contributed by atoms with Gasteiger partial charge in [0, 0.05) is 38.2 Å². The highest BCUT2D eigenvalue weighted by Gasteiger charge is 2.24. The maximum Gasteiger partial charge on any atom is 0.268 e. The Morgan fingerprint density at radius 3 is 2.65 bits per heavy atom. The van der Waals surface area contributed by atoms with E-state index in [0.29, 0.717) is 22.3 Å². The monoisotopic (exact) mass is 441 g/mol. The predicted octanol–water partition coefficient (Wildman–Crippen LogP) is 4.88. The number of anilines is 2. The molecule has 1 aliphatic heterocycles. The first-order valence-corrected chi connectivity index (χ1v) is 11.1. The van der Waals surface area contributed by atoms with E-state index in [0.717, 1.165) is 35.7 Å². The van der Waals surface area contributed by atoms with Gasteiger partial charge < -0.3 is 19.9 Å². The molecule has 3 aromatic rings. The van der Waals surface area contributed by atoms with Crippen molar-refractivity contribution in [1.29, 1.82) is 0 Å². The van der Waals surface area contributed by atoms with Gasteiger partial charge in [0.2, 0.25) is 0 Å². The van der Waals surface area contributed by atoms with Crippen molar-refractivity contribution in [3.05, 3.63) is 65.3 Å². The highest BCUT2D eigenvalue weighted by atomic mass is 32.1. The van der Waals surface area contributed by atoms with E-state index in [2.05, 4.69) is 5.32 Å². The second-order valence-corrected chi connectivity index (χ2v) is 8.70. The number of nitrogens with one attached hydrogen (secondary N) is 1. The van der Waals surface area contributed by atoms with Gasteiger partial charge in [0.25, 0.3) is 5.91 Å². The number of rotatable bonds is 6. The zero-order valence-corrected chi connectivity index (χ0v) is 18.7.